The Morgan fingerprint density at radius 3 is 1.82 bits per heavy atom. The number of carbonyl (C=O) groups excluding carboxylic acids is 4. The van der Waals surface area contributed by atoms with Crippen molar-refractivity contribution < 1.29 is 19.2 Å². The van der Waals surface area contributed by atoms with Crippen molar-refractivity contribution in [3.63, 3.8) is 0 Å². The van der Waals surface area contributed by atoms with E-state index in [4.69, 9.17) is 0 Å². The standard InChI is InChI=1S/C39H44N6O4/c1-26(2)42(22-23-45-37(47)30-11-4-8-27-9-5-12-31(34(27)30)38(45)48)16-7-14-40-15-17-44-36(46)32-13-6-10-28-24-29(25-33(35(28)32)39(44)49)43-20-18-41(3)19-21-43/h4-6,8-13,24-26,40H,7,14-23H2,1-3H3. The van der Waals surface area contributed by atoms with Gasteiger partial charge in [0.2, 0.25) is 0 Å². The van der Waals surface area contributed by atoms with E-state index < -0.39 is 0 Å². The number of imide groups is 2. The van der Waals surface area contributed by atoms with Crippen molar-refractivity contribution >= 4 is 50.9 Å². The molecule has 49 heavy (non-hydrogen) atoms. The first-order chi connectivity index (χ1) is 23.7. The van der Waals surface area contributed by atoms with E-state index in [1.807, 2.05) is 48.5 Å². The second-order valence-electron chi connectivity index (χ2n) is 13.7. The highest BCUT2D eigenvalue weighted by atomic mass is 16.2. The molecule has 0 aromatic heterocycles. The largest absolute Gasteiger partial charge is 0.369 e. The molecule has 7 rings (SSSR count). The summed E-state index contributed by atoms with van der Waals surface area (Å²) in [4.78, 5) is 63.6. The lowest BCUT2D eigenvalue weighted by Crippen LogP contribution is -2.46. The van der Waals surface area contributed by atoms with E-state index in [0.29, 0.717) is 48.4 Å². The molecule has 1 fully saturated rings. The van der Waals surface area contributed by atoms with E-state index in [2.05, 4.69) is 47.0 Å². The highest BCUT2D eigenvalue weighted by molar-refractivity contribution is 6.26. The summed E-state index contributed by atoms with van der Waals surface area (Å²) in [7, 11) is 2.12. The molecule has 4 aromatic carbocycles. The Balaban J connectivity index is 0.927. The molecule has 4 aromatic rings. The molecule has 0 radical (unpaired) electrons. The van der Waals surface area contributed by atoms with Crippen LogP contribution in [0.3, 0.4) is 0 Å². The van der Waals surface area contributed by atoms with Crippen molar-refractivity contribution in [2.75, 3.05) is 77.4 Å². The Morgan fingerprint density at radius 1 is 0.653 bits per heavy atom. The van der Waals surface area contributed by atoms with Crippen LogP contribution in [-0.2, 0) is 0 Å². The average Bonchev–Trinajstić information content (AvgIpc) is 3.11. The van der Waals surface area contributed by atoms with E-state index in [1.165, 1.54) is 9.80 Å². The number of nitrogens with one attached hydrogen (secondary N) is 1. The van der Waals surface area contributed by atoms with Crippen molar-refractivity contribution in [3.05, 3.63) is 89.0 Å². The smallest absolute Gasteiger partial charge is 0.261 e. The molecule has 254 valence electrons. The SMILES string of the molecule is CC(C)N(CCCNCCN1C(=O)c2cccc3cc(N4CCN(C)CC4)cc(c23)C1=O)CCN1C(=O)c2cccc3cccc(c23)C1=O. The molecule has 10 heteroatoms. The molecule has 0 aliphatic carbocycles. The van der Waals surface area contributed by atoms with Crippen LogP contribution in [0.2, 0.25) is 0 Å². The highest BCUT2D eigenvalue weighted by Gasteiger charge is 2.34. The van der Waals surface area contributed by atoms with Gasteiger partial charge in [0.1, 0.15) is 0 Å². The lowest BCUT2D eigenvalue weighted by molar-refractivity contribution is 0.0579. The fourth-order valence-corrected chi connectivity index (χ4v) is 7.46. The summed E-state index contributed by atoms with van der Waals surface area (Å²) in [6.07, 6.45) is 0.834. The van der Waals surface area contributed by atoms with Crippen LogP contribution in [0, 0.1) is 0 Å². The number of rotatable bonds is 12. The first kappa shape index (κ1) is 32.9. The number of piperazine rings is 1. The normalized spacial score (nSPS) is 16.7. The third kappa shape index (κ3) is 6.20. The zero-order chi connectivity index (χ0) is 34.2. The second-order valence-corrected chi connectivity index (χ2v) is 13.7. The molecular weight excluding hydrogens is 616 g/mol. The van der Waals surface area contributed by atoms with E-state index >= 15 is 0 Å². The van der Waals surface area contributed by atoms with Gasteiger partial charge in [0.25, 0.3) is 23.6 Å². The molecule has 0 unspecified atom stereocenters. The fourth-order valence-electron chi connectivity index (χ4n) is 7.46. The minimum atomic E-state index is -0.246. The third-order valence-corrected chi connectivity index (χ3v) is 10.3. The molecule has 4 amide bonds. The summed E-state index contributed by atoms with van der Waals surface area (Å²) in [5.41, 5.74) is 3.36. The van der Waals surface area contributed by atoms with Gasteiger partial charge in [-0.05, 0) is 81.5 Å². The number of amides is 4. The van der Waals surface area contributed by atoms with Crippen molar-refractivity contribution in [1.82, 2.24) is 24.9 Å². The number of anilines is 1. The molecule has 0 saturated carbocycles. The molecule has 0 spiro atoms. The predicted octanol–water partition coefficient (Wildman–Crippen LogP) is 4.33. The van der Waals surface area contributed by atoms with Crippen LogP contribution in [0.25, 0.3) is 21.5 Å². The molecule has 3 aliphatic rings. The van der Waals surface area contributed by atoms with E-state index in [9.17, 15) is 19.2 Å². The van der Waals surface area contributed by atoms with Gasteiger partial charge in [0.15, 0.2) is 0 Å². The lowest BCUT2D eigenvalue weighted by atomic mass is 9.93. The number of hydrogen-bond acceptors (Lipinski definition) is 8. The summed E-state index contributed by atoms with van der Waals surface area (Å²) in [6, 6.07) is 21.2. The quantitative estimate of drug-likeness (QED) is 0.177. The Hall–Kier alpha value is -4.64. The Kier molecular flexibility index (Phi) is 9.19. The molecule has 3 heterocycles. The maximum absolute atomic E-state index is 13.7. The summed E-state index contributed by atoms with van der Waals surface area (Å²) in [6.45, 7) is 11.1. The van der Waals surface area contributed by atoms with Crippen LogP contribution in [0.5, 0.6) is 0 Å². The number of carbonyl (C=O) groups is 4. The Bertz CT molecular complexity index is 1900. The van der Waals surface area contributed by atoms with E-state index in [0.717, 1.165) is 66.4 Å². The van der Waals surface area contributed by atoms with Gasteiger partial charge >= 0.3 is 0 Å². The highest BCUT2D eigenvalue weighted by Crippen LogP contribution is 2.34. The van der Waals surface area contributed by atoms with Gasteiger partial charge in [-0.2, -0.15) is 0 Å². The van der Waals surface area contributed by atoms with Crippen LogP contribution in [0.4, 0.5) is 5.69 Å². The van der Waals surface area contributed by atoms with Gasteiger partial charge < -0.3 is 15.1 Å². The van der Waals surface area contributed by atoms with Crippen LogP contribution >= 0.6 is 0 Å². The third-order valence-electron chi connectivity index (χ3n) is 10.3. The molecule has 3 aliphatic heterocycles. The number of benzene rings is 4. The lowest BCUT2D eigenvalue weighted by Gasteiger charge is -2.35. The van der Waals surface area contributed by atoms with Crippen LogP contribution in [0.15, 0.2) is 66.7 Å². The zero-order valence-electron chi connectivity index (χ0n) is 28.6. The van der Waals surface area contributed by atoms with Gasteiger partial charge in [-0.25, -0.2) is 0 Å². The fraction of sp³-hybridized carbons (Fsp3) is 0.385. The summed E-state index contributed by atoms with van der Waals surface area (Å²) in [5.74, 6) is -0.964. The first-order valence-electron chi connectivity index (χ1n) is 17.4. The molecule has 10 nitrogen and oxygen atoms in total. The van der Waals surface area contributed by atoms with Gasteiger partial charge in [-0.1, -0.05) is 36.4 Å². The molecular formula is C39H44N6O4. The summed E-state index contributed by atoms with van der Waals surface area (Å²) in [5, 5.41) is 6.74. The maximum Gasteiger partial charge on any atom is 0.261 e. The maximum atomic E-state index is 13.7. The number of nitrogens with zero attached hydrogens (tertiary/aromatic N) is 5. The predicted molar refractivity (Wildman–Crippen MR) is 193 cm³/mol. The van der Waals surface area contributed by atoms with Crippen LogP contribution < -0.4 is 10.2 Å². The first-order valence-corrected chi connectivity index (χ1v) is 17.4. The number of likely N-dealkylation sites (N-methyl/N-ethyl adjacent to an activating group) is 1. The van der Waals surface area contributed by atoms with E-state index in [-0.39, 0.29) is 36.2 Å². The van der Waals surface area contributed by atoms with Gasteiger partial charge in [-0.15, -0.1) is 0 Å². The second kappa shape index (κ2) is 13.7. The molecule has 1 saturated heterocycles. The minimum Gasteiger partial charge on any atom is -0.369 e. The van der Waals surface area contributed by atoms with Gasteiger partial charge in [0.05, 0.1) is 5.56 Å². The monoisotopic (exact) mass is 660 g/mol. The molecule has 0 atom stereocenters. The summed E-state index contributed by atoms with van der Waals surface area (Å²) < 4.78 is 0. The van der Waals surface area contributed by atoms with E-state index in [1.54, 1.807) is 12.1 Å². The van der Waals surface area contributed by atoms with Crippen LogP contribution in [0.1, 0.15) is 61.7 Å². The summed E-state index contributed by atoms with van der Waals surface area (Å²) >= 11 is 0. The van der Waals surface area contributed by atoms with Gasteiger partial charge in [-0.3, -0.25) is 33.9 Å². The van der Waals surface area contributed by atoms with Gasteiger partial charge in [0, 0.05) is 91.6 Å². The van der Waals surface area contributed by atoms with Crippen LogP contribution in [-0.4, -0.2) is 122 Å². The Morgan fingerprint density at radius 2 is 1.20 bits per heavy atom. The minimum absolute atomic E-state index is 0.229. The van der Waals surface area contributed by atoms with Crippen molar-refractivity contribution in [1.29, 1.82) is 0 Å². The van der Waals surface area contributed by atoms with Crippen molar-refractivity contribution in [3.8, 4) is 0 Å². The van der Waals surface area contributed by atoms with Crippen molar-refractivity contribution in [2.45, 2.75) is 26.3 Å². The zero-order valence-corrected chi connectivity index (χ0v) is 28.6. The molecule has 0 bridgehead atoms. The number of hydrogen-bond donors (Lipinski definition) is 1. The average molecular weight is 661 g/mol. The van der Waals surface area contributed by atoms with Crippen molar-refractivity contribution in [2.24, 2.45) is 0 Å². The molecule has 1 N–H and O–H groups in total. The topological polar surface area (TPSA) is 96.5 Å². The Labute approximate surface area is 287 Å².